The number of rotatable bonds is 1. The number of primary amides is 1. The van der Waals surface area contributed by atoms with Gasteiger partial charge >= 0.3 is 0 Å². The van der Waals surface area contributed by atoms with E-state index in [2.05, 4.69) is 24.4 Å². The number of amides is 1. The maximum absolute atomic E-state index is 11.1. The smallest absolute Gasteiger partial charge is 0.239 e. The molecule has 0 saturated carbocycles. The Morgan fingerprint density at radius 3 is 3.07 bits per heavy atom. The summed E-state index contributed by atoms with van der Waals surface area (Å²) in [4.78, 5) is 11.1. The van der Waals surface area contributed by atoms with Crippen LogP contribution in [0.3, 0.4) is 0 Å². The number of anilines is 1. The van der Waals surface area contributed by atoms with E-state index in [1.807, 2.05) is 6.07 Å². The summed E-state index contributed by atoms with van der Waals surface area (Å²) in [7, 11) is 0. The van der Waals surface area contributed by atoms with Gasteiger partial charge in [0.2, 0.25) is 5.91 Å². The quantitative estimate of drug-likeness (QED) is 0.730. The highest BCUT2D eigenvalue weighted by Crippen LogP contribution is 2.24. The van der Waals surface area contributed by atoms with Crippen LogP contribution in [0.25, 0.3) is 0 Å². The van der Waals surface area contributed by atoms with Gasteiger partial charge in [0.05, 0.1) is 0 Å². The van der Waals surface area contributed by atoms with E-state index >= 15 is 0 Å². The van der Waals surface area contributed by atoms with Gasteiger partial charge in [-0.1, -0.05) is 17.7 Å². The van der Waals surface area contributed by atoms with Gasteiger partial charge in [-0.3, -0.25) is 4.79 Å². The Balaban J connectivity index is 2.29. The lowest BCUT2D eigenvalue weighted by Gasteiger charge is -2.14. The third kappa shape index (κ3) is 2.12. The number of benzene rings is 1. The molecule has 1 aliphatic rings. The molecule has 1 heterocycles. The molecule has 1 aromatic carbocycles. The van der Waals surface area contributed by atoms with E-state index in [1.54, 1.807) is 0 Å². The second-order valence-electron chi connectivity index (χ2n) is 4.15. The normalized spacial score (nSPS) is 19.9. The van der Waals surface area contributed by atoms with Gasteiger partial charge in [0, 0.05) is 5.69 Å². The van der Waals surface area contributed by atoms with Crippen LogP contribution in [0.15, 0.2) is 18.2 Å². The standard InChI is InChI=1S/C12H16N2O/c1-8-5-6-10-9(7-8)3-2-4-11(14-10)12(13)15/h5-7,11,14H,2-4H2,1H3,(H2,13,15). The number of hydrogen-bond acceptors (Lipinski definition) is 2. The van der Waals surface area contributed by atoms with Crippen molar-refractivity contribution in [2.75, 3.05) is 5.32 Å². The summed E-state index contributed by atoms with van der Waals surface area (Å²) in [5.74, 6) is -0.261. The van der Waals surface area contributed by atoms with Crippen LogP contribution < -0.4 is 11.1 Å². The van der Waals surface area contributed by atoms with Gasteiger partial charge in [0.1, 0.15) is 6.04 Å². The van der Waals surface area contributed by atoms with E-state index in [1.165, 1.54) is 11.1 Å². The zero-order chi connectivity index (χ0) is 10.8. The number of carbonyl (C=O) groups is 1. The maximum atomic E-state index is 11.1. The topological polar surface area (TPSA) is 55.1 Å². The Labute approximate surface area is 89.7 Å². The highest BCUT2D eigenvalue weighted by atomic mass is 16.1. The highest BCUT2D eigenvalue weighted by molar-refractivity contribution is 5.83. The van der Waals surface area contributed by atoms with Crippen LogP contribution in [0.2, 0.25) is 0 Å². The van der Waals surface area contributed by atoms with Crippen LogP contribution in [0.1, 0.15) is 24.0 Å². The molecule has 3 heteroatoms. The van der Waals surface area contributed by atoms with E-state index in [9.17, 15) is 4.79 Å². The largest absolute Gasteiger partial charge is 0.373 e. The second-order valence-corrected chi connectivity index (χ2v) is 4.15. The molecule has 0 spiro atoms. The SMILES string of the molecule is Cc1ccc2c(c1)CCCC(C(N)=O)N2. The van der Waals surface area contributed by atoms with Crippen molar-refractivity contribution < 1.29 is 4.79 Å². The fraction of sp³-hybridized carbons (Fsp3) is 0.417. The second kappa shape index (κ2) is 3.93. The number of fused-ring (bicyclic) bond motifs is 1. The molecule has 0 radical (unpaired) electrons. The average Bonchev–Trinajstić information content (AvgIpc) is 2.39. The van der Waals surface area contributed by atoms with Gasteiger partial charge in [-0.15, -0.1) is 0 Å². The summed E-state index contributed by atoms with van der Waals surface area (Å²) in [6.07, 6.45) is 2.86. The van der Waals surface area contributed by atoms with Crippen molar-refractivity contribution in [2.24, 2.45) is 5.73 Å². The van der Waals surface area contributed by atoms with Crippen LogP contribution in [-0.4, -0.2) is 11.9 Å². The lowest BCUT2D eigenvalue weighted by atomic mass is 10.0. The van der Waals surface area contributed by atoms with Crippen molar-refractivity contribution in [1.82, 2.24) is 0 Å². The van der Waals surface area contributed by atoms with Crippen LogP contribution in [0.4, 0.5) is 5.69 Å². The summed E-state index contributed by atoms with van der Waals surface area (Å²) in [5, 5.41) is 3.21. The predicted octanol–water partition coefficient (Wildman–Crippen LogP) is 1.60. The van der Waals surface area contributed by atoms with E-state index < -0.39 is 0 Å². The Morgan fingerprint density at radius 2 is 2.33 bits per heavy atom. The van der Waals surface area contributed by atoms with Gasteiger partial charge in [-0.05, 0) is 37.8 Å². The number of nitrogens with two attached hydrogens (primary N) is 1. The van der Waals surface area contributed by atoms with Gasteiger partial charge in [0.15, 0.2) is 0 Å². The Hall–Kier alpha value is -1.51. The van der Waals surface area contributed by atoms with Crippen molar-refractivity contribution in [3.05, 3.63) is 29.3 Å². The minimum Gasteiger partial charge on any atom is -0.373 e. The summed E-state index contributed by atoms with van der Waals surface area (Å²) in [6.45, 7) is 2.08. The molecular formula is C12H16N2O. The van der Waals surface area contributed by atoms with Gasteiger partial charge in [-0.25, -0.2) is 0 Å². The first-order chi connectivity index (χ1) is 7.16. The molecule has 80 valence electrons. The van der Waals surface area contributed by atoms with Crippen LogP contribution >= 0.6 is 0 Å². The first-order valence-electron chi connectivity index (χ1n) is 5.32. The molecule has 2 rings (SSSR count). The monoisotopic (exact) mass is 204 g/mol. The first kappa shape index (κ1) is 10.0. The van der Waals surface area contributed by atoms with E-state index in [0.29, 0.717) is 0 Å². The van der Waals surface area contributed by atoms with Crippen molar-refractivity contribution >= 4 is 11.6 Å². The minimum absolute atomic E-state index is 0.214. The van der Waals surface area contributed by atoms with Gasteiger partial charge < -0.3 is 11.1 Å². The van der Waals surface area contributed by atoms with Crippen LogP contribution in [0, 0.1) is 6.92 Å². The van der Waals surface area contributed by atoms with Crippen molar-refractivity contribution in [2.45, 2.75) is 32.2 Å². The molecular weight excluding hydrogens is 188 g/mol. The summed E-state index contributed by atoms with van der Waals surface area (Å²) < 4.78 is 0. The minimum atomic E-state index is -0.261. The molecule has 1 atom stereocenters. The molecule has 0 aliphatic carbocycles. The zero-order valence-corrected chi connectivity index (χ0v) is 8.92. The maximum Gasteiger partial charge on any atom is 0.239 e. The molecule has 15 heavy (non-hydrogen) atoms. The molecule has 3 N–H and O–H groups in total. The molecule has 0 fully saturated rings. The molecule has 0 saturated heterocycles. The third-order valence-electron chi connectivity index (χ3n) is 2.87. The van der Waals surface area contributed by atoms with Crippen molar-refractivity contribution in [3.63, 3.8) is 0 Å². The van der Waals surface area contributed by atoms with Gasteiger partial charge in [-0.2, -0.15) is 0 Å². The summed E-state index contributed by atoms with van der Waals surface area (Å²) in [6, 6.07) is 6.04. The molecule has 1 aromatic rings. The fourth-order valence-corrected chi connectivity index (χ4v) is 2.04. The Morgan fingerprint density at radius 1 is 1.53 bits per heavy atom. The summed E-state index contributed by atoms with van der Waals surface area (Å²) >= 11 is 0. The van der Waals surface area contributed by atoms with Crippen LogP contribution in [-0.2, 0) is 11.2 Å². The molecule has 0 bridgehead atoms. The molecule has 0 aromatic heterocycles. The van der Waals surface area contributed by atoms with E-state index in [4.69, 9.17) is 5.73 Å². The van der Waals surface area contributed by atoms with E-state index in [-0.39, 0.29) is 11.9 Å². The molecule has 1 unspecified atom stereocenters. The fourth-order valence-electron chi connectivity index (χ4n) is 2.04. The van der Waals surface area contributed by atoms with Crippen molar-refractivity contribution in [3.8, 4) is 0 Å². The average molecular weight is 204 g/mol. The number of hydrogen-bond donors (Lipinski definition) is 2. The van der Waals surface area contributed by atoms with Crippen molar-refractivity contribution in [1.29, 1.82) is 0 Å². The Bertz CT molecular complexity index is 387. The highest BCUT2D eigenvalue weighted by Gasteiger charge is 2.19. The predicted molar refractivity (Wildman–Crippen MR) is 60.7 cm³/mol. The van der Waals surface area contributed by atoms with E-state index in [0.717, 1.165) is 24.9 Å². The zero-order valence-electron chi connectivity index (χ0n) is 8.92. The number of nitrogens with one attached hydrogen (secondary N) is 1. The summed E-state index contributed by atoms with van der Waals surface area (Å²) in [5.41, 5.74) is 8.93. The number of aryl methyl sites for hydroxylation is 2. The molecule has 1 amide bonds. The number of carbonyl (C=O) groups excluding carboxylic acids is 1. The van der Waals surface area contributed by atoms with Gasteiger partial charge in [0.25, 0.3) is 0 Å². The Kier molecular flexibility index (Phi) is 2.62. The molecule has 3 nitrogen and oxygen atoms in total. The molecule has 1 aliphatic heterocycles. The van der Waals surface area contributed by atoms with Crippen LogP contribution in [0.5, 0.6) is 0 Å². The lowest BCUT2D eigenvalue weighted by Crippen LogP contribution is -2.34. The first-order valence-corrected chi connectivity index (χ1v) is 5.32. The third-order valence-corrected chi connectivity index (χ3v) is 2.87. The lowest BCUT2D eigenvalue weighted by molar-refractivity contribution is -0.118.